The normalized spacial score (nSPS) is 19.9. The molecular formula is C43H55N9O4. The van der Waals surface area contributed by atoms with Crippen molar-refractivity contribution in [2.45, 2.75) is 103 Å². The zero-order chi connectivity index (χ0) is 39.2. The predicted octanol–water partition coefficient (Wildman–Crippen LogP) is 7.71. The fourth-order valence-corrected chi connectivity index (χ4v) is 8.19. The van der Waals surface area contributed by atoms with Crippen molar-refractivity contribution in [1.29, 1.82) is 0 Å². The molecule has 1 aliphatic carbocycles. The molecule has 0 radical (unpaired) electrons. The lowest BCUT2D eigenvalue weighted by Gasteiger charge is -2.33. The summed E-state index contributed by atoms with van der Waals surface area (Å²) in [7, 11) is 0. The topological polar surface area (TPSA) is 142 Å². The molecule has 3 aromatic heterocycles. The van der Waals surface area contributed by atoms with E-state index in [0.29, 0.717) is 11.9 Å². The zero-order valence-corrected chi connectivity index (χ0v) is 33.0. The van der Waals surface area contributed by atoms with E-state index in [1.165, 1.54) is 37.9 Å². The van der Waals surface area contributed by atoms with Gasteiger partial charge in [0.05, 0.1) is 23.6 Å². The number of rotatable bonds is 9. The molecule has 0 unspecified atom stereocenters. The Hall–Kier alpha value is -5.43. The van der Waals surface area contributed by atoms with Crippen molar-refractivity contribution in [2.75, 3.05) is 36.4 Å². The van der Waals surface area contributed by atoms with E-state index in [-0.39, 0.29) is 30.1 Å². The van der Waals surface area contributed by atoms with Crippen LogP contribution in [-0.2, 0) is 16.6 Å². The van der Waals surface area contributed by atoms with E-state index in [2.05, 4.69) is 99.1 Å². The van der Waals surface area contributed by atoms with Gasteiger partial charge in [0.15, 0.2) is 5.65 Å². The van der Waals surface area contributed by atoms with Gasteiger partial charge in [-0.25, -0.2) is 9.48 Å². The van der Waals surface area contributed by atoms with Crippen LogP contribution in [0.5, 0.6) is 5.75 Å². The van der Waals surface area contributed by atoms with Crippen LogP contribution >= 0.6 is 0 Å². The molecule has 2 aromatic carbocycles. The second-order valence-electron chi connectivity index (χ2n) is 16.2. The summed E-state index contributed by atoms with van der Waals surface area (Å²) in [6.07, 6.45) is 10.5. The van der Waals surface area contributed by atoms with Crippen LogP contribution in [0.1, 0.15) is 107 Å². The van der Waals surface area contributed by atoms with Crippen LogP contribution in [0.4, 0.5) is 16.6 Å². The van der Waals surface area contributed by atoms with E-state index < -0.39 is 0 Å². The first-order valence-corrected chi connectivity index (χ1v) is 20.1. The maximum absolute atomic E-state index is 13.8. The first-order chi connectivity index (χ1) is 27.1. The fraction of sp³-hybridized carbons (Fsp3) is 0.465. The minimum absolute atomic E-state index is 0.146. The van der Waals surface area contributed by atoms with Crippen LogP contribution in [0.3, 0.4) is 0 Å². The van der Waals surface area contributed by atoms with Crippen LogP contribution in [0.2, 0.25) is 0 Å². The first kappa shape index (κ1) is 38.8. The van der Waals surface area contributed by atoms with Crippen LogP contribution in [0.25, 0.3) is 11.3 Å². The number of ether oxygens (including phenoxy) is 1. The van der Waals surface area contributed by atoms with Gasteiger partial charge < -0.3 is 25.0 Å². The number of likely N-dealkylation sites (tertiary alicyclic amines) is 1. The molecule has 5 heterocycles. The molecule has 56 heavy (non-hydrogen) atoms. The summed E-state index contributed by atoms with van der Waals surface area (Å²) in [4.78, 5) is 27.0. The molecule has 13 heteroatoms. The second-order valence-corrected chi connectivity index (χ2v) is 16.2. The van der Waals surface area contributed by atoms with Gasteiger partial charge in [-0.15, -0.1) is 10.2 Å². The number of nitrogens with one attached hydrogen (secondary N) is 2. The number of hydrogen-bond acceptors (Lipinski definition) is 8. The Morgan fingerprint density at radius 1 is 0.929 bits per heavy atom. The molecule has 2 fully saturated rings. The third-order valence-corrected chi connectivity index (χ3v) is 11.2. The number of hydrogen-bond donors (Lipinski definition) is 3. The number of benzene rings is 2. The summed E-state index contributed by atoms with van der Waals surface area (Å²) in [5, 5.41) is 27.3. The van der Waals surface area contributed by atoms with E-state index in [1.807, 2.05) is 41.2 Å². The Labute approximate surface area is 329 Å². The first-order valence-electron chi connectivity index (χ1n) is 20.1. The maximum Gasteiger partial charge on any atom is 0.320 e. The lowest BCUT2D eigenvalue weighted by atomic mass is 9.85. The number of aromatic nitrogens is 5. The standard InChI is InChI=1S/C42H53N9O2.CH2O2/c1-29-12-7-8-24-49(29)41-46-45-38-20-17-32(28-50(38)41)53-36-19-18-35(33-15-5-6-16-34(33)36)43-40(52)44-39-27-37(42(2,3)4)47-51(39)31-14-11-13-30(26-31)21-25-48-22-9-10-23-48;2-1-3/h5-6,11,13-17,20,26-29,35-36H,7-10,12,18-19,21-25H2,1-4H3,(H2,43,44,52);1H,(H,2,3)/t29-,35-,36+;/m0./s1. The van der Waals surface area contributed by atoms with Gasteiger partial charge in [-0.2, -0.15) is 5.10 Å². The minimum Gasteiger partial charge on any atom is -0.484 e. The lowest BCUT2D eigenvalue weighted by Crippen LogP contribution is -2.38. The summed E-state index contributed by atoms with van der Waals surface area (Å²) in [6, 6.07) is 22.8. The van der Waals surface area contributed by atoms with Crippen LogP contribution in [-0.4, -0.2) is 79.1 Å². The molecule has 0 spiro atoms. The van der Waals surface area contributed by atoms with Gasteiger partial charge >= 0.3 is 6.03 Å². The van der Waals surface area contributed by atoms with Crippen LogP contribution in [0, 0.1) is 0 Å². The number of piperidine rings is 1. The Morgan fingerprint density at radius 2 is 1.70 bits per heavy atom. The van der Waals surface area contributed by atoms with Crippen molar-refractivity contribution >= 4 is 29.9 Å². The number of anilines is 2. The van der Waals surface area contributed by atoms with Gasteiger partial charge in [0.25, 0.3) is 6.47 Å². The highest BCUT2D eigenvalue weighted by molar-refractivity contribution is 5.89. The molecule has 0 saturated carbocycles. The molecule has 8 rings (SSSR count). The summed E-state index contributed by atoms with van der Waals surface area (Å²) >= 11 is 0. The number of nitrogens with zero attached hydrogens (tertiary/aromatic N) is 7. The van der Waals surface area contributed by atoms with Crippen molar-refractivity contribution in [3.05, 3.63) is 95.3 Å². The van der Waals surface area contributed by atoms with Gasteiger partial charge in [-0.05, 0) is 112 Å². The summed E-state index contributed by atoms with van der Waals surface area (Å²) in [6.45, 7) is 12.9. The van der Waals surface area contributed by atoms with Crippen molar-refractivity contribution < 1.29 is 19.4 Å². The maximum atomic E-state index is 13.8. The van der Waals surface area contributed by atoms with E-state index in [4.69, 9.17) is 19.7 Å². The third kappa shape index (κ3) is 8.83. The number of pyridine rings is 1. The van der Waals surface area contributed by atoms with Crippen molar-refractivity contribution in [3.63, 3.8) is 0 Å². The Bertz CT molecular complexity index is 2120. The highest BCUT2D eigenvalue weighted by Crippen LogP contribution is 2.39. The summed E-state index contributed by atoms with van der Waals surface area (Å²) in [5.74, 6) is 2.30. The SMILES string of the molecule is C[C@H]1CCCCN1c1nnc2ccc(O[C@@H]3CC[C@H](NC(=O)Nc4cc(C(C)(C)C)nn4-c4cccc(CCN5CCCC5)c4)c4ccccc43)cn12.O=CO. The Balaban J connectivity index is 0.00000155. The van der Waals surface area contributed by atoms with Gasteiger partial charge in [-0.3, -0.25) is 14.5 Å². The fourth-order valence-electron chi connectivity index (χ4n) is 8.19. The molecule has 3 atom stereocenters. The number of carboxylic acid groups (broad SMARTS) is 1. The number of urea groups is 1. The summed E-state index contributed by atoms with van der Waals surface area (Å²) < 4.78 is 10.6. The van der Waals surface area contributed by atoms with Gasteiger partial charge in [0.2, 0.25) is 5.95 Å². The quantitative estimate of drug-likeness (QED) is 0.129. The number of fused-ring (bicyclic) bond motifs is 2. The molecule has 3 N–H and O–H groups in total. The van der Waals surface area contributed by atoms with Crippen LogP contribution in [0.15, 0.2) is 72.9 Å². The minimum atomic E-state index is -0.256. The van der Waals surface area contributed by atoms with Gasteiger partial charge in [0, 0.05) is 30.6 Å². The number of carbonyl (C=O) groups is 2. The van der Waals surface area contributed by atoms with Gasteiger partial charge in [0.1, 0.15) is 17.7 Å². The molecule has 2 amide bonds. The molecule has 2 aliphatic heterocycles. The van der Waals surface area contributed by atoms with Gasteiger partial charge in [-0.1, -0.05) is 57.2 Å². The number of carbonyl (C=O) groups excluding carboxylic acids is 1. The van der Waals surface area contributed by atoms with Crippen molar-refractivity contribution in [3.8, 4) is 11.4 Å². The van der Waals surface area contributed by atoms with E-state index in [0.717, 1.165) is 85.0 Å². The average Bonchev–Trinajstić information content (AvgIpc) is 3.96. The highest BCUT2D eigenvalue weighted by Gasteiger charge is 2.31. The van der Waals surface area contributed by atoms with E-state index in [1.54, 1.807) is 0 Å². The van der Waals surface area contributed by atoms with Crippen molar-refractivity contribution in [2.24, 2.45) is 0 Å². The molecule has 5 aromatic rings. The van der Waals surface area contributed by atoms with Crippen LogP contribution < -0.4 is 20.3 Å². The van der Waals surface area contributed by atoms with E-state index >= 15 is 0 Å². The smallest absolute Gasteiger partial charge is 0.320 e. The monoisotopic (exact) mass is 761 g/mol. The Morgan fingerprint density at radius 3 is 2.46 bits per heavy atom. The number of amides is 2. The summed E-state index contributed by atoms with van der Waals surface area (Å²) in [5.41, 5.74) is 5.91. The zero-order valence-electron chi connectivity index (χ0n) is 33.0. The lowest BCUT2D eigenvalue weighted by molar-refractivity contribution is -0.122. The molecule has 3 aliphatic rings. The highest BCUT2D eigenvalue weighted by atomic mass is 16.5. The molecule has 2 saturated heterocycles. The molecule has 0 bridgehead atoms. The van der Waals surface area contributed by atoms with Crippen molar-refractivity contribution in [1.82, 2.24) is 34.6 Å². The van der Waals surface area contributed by atoms with E-state index in [9.17, 15) is 4.79 Å². The molecule has 296 valence electrons. The largest absolute Gasteiger partial charge is 0.484 e. The predicted molar refractivity (Wildman–Crippen MR) is 218 cm³/mol. The Kier molecular flexibility index (Phi) is 11.9. The second kappa shape index (κ2) is 17.2. The molecule has 13 nitrogen and oxygen atoms in total. The third-order valence-electron chi connectivity index (χ3n) is 11.2. The molecular weight excluding hydrogens is 707 g/mol. The average molecular weight is 762 g/mol.